The highest BCUT2D eigenvalue weighted by Crippen LogP contribution is 2.27. The Morgan fingerprint density at radius 3 is 2.84 bits per heavy atom. The summed E-state index contributed by atoms with van der Waals surface area (Å²) >= 11 is 7.38. The van der Waals surface area contributed by atoms with Crippen LogP contribution >= 0.6 is 22.9 Å². The number of carbonyl (C=O) groups excluding carboxylic acids is 2. The lowest BCUT2D eigenvalue weighted by Crippen LogP contribution is -2.39. The van der Waals surface area contributed by atoms with Gasteiger partial charge in [-0.25, -0.2) is 0 Å². The first-order chi connectivity index (χ1) is 9.02. The number of rotatable bonds is 5. The second kappa shape index (κ2) is 6.03. The minimum atomic E-state index is -0.407. The summed E-state index contributed by atoms with van der Waals surface area (Å²) in [5.74, 6) is -0.192. The number of nitrogens with one attached hydrogen (secondary N) is 1. The molecule has 2 amide bonds. The van der Waals surface area contributed by atoms with Crippen LogP contribution in [0.5, 0.6) is 0 Å². The van der Waals surface area contributed by atoms with Gasteiger partial charge < -0.3 is 0 Å². The van der Waals surface area contributed by atoms with Gasteiger partial charge in [-0.1, -0.05) is 18.5 Å². The molecular weight excluding hydrogens is 284 g/mol. The van der Waals surface area contributed by atoms with E-state index in [4.69, 9.17) is 11.6 Å². The molecule has 1 aliphatic heterocycles. The molecule has 104 valence electrons. The van der Waals surface area contributed by atoms with Crippen LogP contribution in [-0.4, -0.2) is 29.3 Å². The van der Waals surface area contributed by atoms with Crippen LogP contribution < -0.4 is 5.32 Å². The molecule has 1 aromatic rings. The van der Waals surface area contributed by atoms with Crippen molar-refractivity contribution in [3.05, 3.63) is 21.3 Å². The Bertz CT molecular complexity index is 489. The van der Waals surface area contributed by atoms with E-state index >= 15 is 0 Å². The van der Waals surface area contributed by atoms with Gasteiger partial charge >= 0.3 is 0 Å². The van der Waals surface area contributed by atoms with Crippen molar-refractivity contribution in [2.75, 3.05) is 6.54 Å². The Hall–Kier alpha value is -0.910. The van der Waals surface area contributed by atoms with Crippen molar-refractivity contribution in [3.63, 3.8) is 0 Å². The van der Waals surface area contributed by atoms with Crippen LogP contribution in [0.15, 0.2) is 12.1 Å². The van der Waals surface area contributed by atoms with Crippen LogP contribution in [0.1, 0.15) is 37.6 Å². The van der Waals surface area contributed by atoms with Gasteiger partial charge in [0.2, 0.25) is 11.8 Å². The number of hydrogen-bond donors (Lipinski definition) is 1. The molecule has 1 N–H and O–H groups in total. The molecule has 0 radical (unpaired) electrons. The molecule has 1 saturated heterocycles. The van der Waals surface area contributed by atoms with E-state index in [9.17, 15) is 9.59 Å². The van der Waals surface area contributed by atoms with E-state index in [1.54, 1.807) is 0 Å². The highest BCUT2D eigenvalue weighted by molar-refractivity contribution is 7.16. The molecule has 0 aliphatic carbocycles. The fourth-order valence-corrected chi connectivity index (χ4v) is 3.29. The molecule has 1 aliphatic rings. The van der Waals surface area contributed by atoms with Crippen molar-refractivity contribution in [3.8, 4) is 0 Å². The van der Waals surface area contributed by atoms with E-state index in [0.29, 0.717) is 6.54 Å². The van der Waals surface area contributed by atoms with Gasteiger partial charge in [0.1, 0.15) is 0 Å². The fraction of sp³-hybridized carbons (Fsp3) is 0.538. The standard InChI is InChI=1S/C13H17ClN2O2S/c1-3-6-16-12(17)7-9(13(16)18)15-8(2)10-4-5-11(14)19-10/h4-5,8-9,15H,3,6-7H2,1-2H3. The molecule has 2 rings (SSSR count). The highest BCUT2D eigenvalue weighted by Gasteiger charge is 2.38. The molecule has 2 heterocycles. The molecule has 0 bridgehead atoms. The zero-order chi connectivity index (χ0) is 14.0. The third kappa shape index (κ3) is 3.16. The second-order valence-corrected chi connectivity index (χ2v) is 6.42. The third-order valence-corrected chi connectivity index (χ3v) is 4.58. The molecule has 1 fully saturated rings. The zero-order valence-electron chi connectivity index (χ0n) is 11.0. The first kappa shape index (κ1) is 14.5. The van der Waals surface area contributed by atoms with Crippen molar-refractivity contribution >= 4 is 34.8 Å². The lowest BCUT2D eigenvalue weighted by Gasteiger charge is -2.17. The van der Waals surface area contributed by atoms with Crippen molar-refractivity contribution in [2.24, 2.45) is 0 Å². The number of likely N-dealkylation sites (tertiary alicyclic amines) is 1. The molecule has 19 heavy (non-hydrogen) atoms. The lowest BCUT2D eigenvalue weighted by atomic mass is 10.2. The molecule has 0 spiro atoms. The van der Waals surface area contributed by atoms with Crippen LogP contribution in [0.25, 0.3) is 0 Å². The molecule has 0 aromatic carbocycles. The third-order valence-electron chi connectivity index (χ3n) is 3.16. The molecule has 1 aromatic heterocycles. The van der Waals surface area contributed by atoms with Crippen LogP contribution in [0, 0.1) is 0 Å². The maximum absolute atomic E-state index is 12.1. The number of amides is 2. The largest absolute Gasteiger partial charge is 0.298 e. The summed E-state index contributed by atoms with van der Waals surface area (Å²) in [4.78, 5) is 26.3. The Labute approximate surface area is 121 Å². The predicted octanol–water partition coefficient (Wildman–Crippen LogP) is 2.59. The Balaban J connectivity index is 2.00. The normalized spacial score (nSPS) is 21.2. The van der Waals surface area contributed by atoms with Gasteiger partial charge in [0, 0.05) is 17.5 Å². The average Bonchev–Trinajstić information content (AvgIpc) is 2.89. The zero-order valence-corrected chi connectivity index (χ0v) is 12.6. The van der Waals surface area contributed by atoms with Crippen molar-refractivity contribution in [1.29, 1.82) is 0 Å². The van der Waals surface area contributed by atoms with Gasteiger partial charge in [-0.3, -0.25) is 19.8 Å². The van der Waals surface area contributed by atoms with Crippen LogP contribution in [0.4, 0.5) is 0 Å². The smallest absolute Gasteiger partial charge is 0.246 e. The second-order valence-electron chi connectivity index (χ2n) is 4.67. The van der Waals surface area contributed by atoms with Crippen LogP contribution in [0.3, 0.4) is 0 Å². The summed E-state index contributed by atoms with van der Waals surface area (Å²) in [5, 5.41) is 3.22. The Kier molecular flexibility index (Phi) is 4.60. The first-order valence-electron chi connectivity index (χ1n) is 6.38. The van der Waals surface area contributed by atoms with Crippen LogP contribution in [-0.2, 0) is 9.59 Å². The maximum Gasteiger partial charge on any atom is 0.246 e. The number of carbonyl (C=O) groups is 2. The van der Waals surface area contributed by atoms with E-state index in [2.05, 4.69) is 5.32 Å². The van der Waals surface area contributed by atoms with E-state index in [-0.39, 0.29) is 24.3 Å². The number of nitrogens with zero attached hydrogens (tertiary/aromatic N) is 1. The summed E-state index contributed by atoms with van der Waals surface area (Å²) in [7, 11) is 0. The van der Waals surface area contributed by atoms with Crippen molar-refractivity contribution in [1.82, 2.24) is 10.2 Å². The molecule has 4 nitrogen and oxygen atoms in total. The lowest BCUT2D eigenvalue weighted by molar-refractivity contribution is -0.138. The van der Waals surface area contributed by atoms with Gasteiger partial charge in [-0.15, -0.1) is 11.3 Å². The van der Waals surface area contributed by atoms with Gasteiger partial charge in [0.15, 0.2) is 0 Å². The monoisotopic (exact) mass is 300 g/mol. The van der Waals surface area contributed by atoms with Gasteiger partial charge in [0.05, 0.1) is 16.8 Å². The van der Waals surface area contributed by atoms with Crippen LogP contribution in [0.2, 0.25) is 4.34 Å². The van der Waals surface area contributed by atoms with Crippen molar-refractivity contribution in [2.45, 2.75) is 38.8 Å². The fourth-order valence-electron chi connectivity index (χ4n) is 2.22. The molecule has 0 saturated carbocycles. The molecule has 6 heteroatoms. The molecular formula is C13H17ClN2O2S. The summed E-state index contributed by atoms with van der Waals surface area (Å²) in [6, 6.07) is 3.39. The highest BCUT2D eigenvalue weighted by atomic mass is 35.5. The number of hydrogen-bond acceptors (Lipinski definition) is 4. The van der Waals surface area contributed by atoms with E-state index in [1.807, 2.05) is 26.0 Å². The van der Waals surface area contributed by atoms with Gasteiger partial charge in [-0.2, -0.15) is 0 Å². The van der Waals surface area contributed by atoms with E-state index < -0.39 is 6.04 Å². The Morgan fingerprint density at radius 2 is 2.26 bits per heavy atom. The molecule has 2 unspecified atom stereocenters. The number of halogens is 1. The van der Waals surface area contributed by atoms with E-state index in [0.717, 1.165) is 15.6 Å². The summed E-state index contributed by atoms with van der Waals surface area (Å²) in [6.07, 6.45) is 1.04. The topological polar surface area (TPSA) is 49.4 Å². The number of thiophene rings is 1. The average molecular weight is 301 g/mol. The molecule has 2 atom stereocenters. The Morgan fingerprint density at radius 1 is 1.53 bits per heavy atom. The van der Waals surface area contributed by atoms with E-state index in [1.165, 1.54) is 16.2 Å². The quantitative estimate of drug-likeness (QED) is 0.850. The minimum Gasteiger partial charge on any atom is -0.298 e. The van der Waals surface area contributed by atoms with Gasteiger partial charge in [0.25, 0.3) is 0 Å². The first-order valence-corrected chi connectivity index (χ1v) is 7.58. The number of imide groups is 1. The minimum absolute atomic E-state index is 0.0147. The summed E-state index contributed by atoms with van der Waals surface area (Å²) < 4.78 is 0.727. The summed E-state index contributed by atoms with van der Waals surface area (Å²) in [5.41, 5.74) is 0. The summed E-state index contributed by atoms with van der Waals surface area (Å²) in [6.45, 7) is 4.44. The maximum atomic E-state index is 12.1. The predicted molar refractivity (Wildman–Crippen MR) is 76.3 cm³/mol. The van der Waals surface area contributed by atoms with Gasteiger partial charge in [-0.05, 0) is 25.5 Å². The SMILES string of the molecule is CCCN1C(=O)CC(NC(C)c2ccc(Cl)s2)C1=O. The van der Waals surface area contributed by atoms with Crippen molar-refractivity contribution < 1.29 is 9.59 Å².